The van der Waals surface area contributed by atoms with E-state index in [-0.39, 0.29) is 5.97 Å². The summed E-state index contributed by atoms with van der Waals surface area (Å²) in [7, 11) is 1.36. The molecule has 0 N–H and O–H groups in total. The second kappa shape index (κ2) is 5.36. The highest BCUT2D eigenvalue weighted by atomic mass is 32.2. The van der Waals surface area contributed by atoms with Gasteiger partial charge in [-0.15, -0.1) is 11.8 Å². The van der Waals surface area contributed by atoms with Crippen molar-refractivity contribution in [2.45, 2.75) is 26.4 Å². The first-order chi connectivity index (χ1) is 9.31. The summed E-state index contributed by atoms with van der Waals surface area (Å²) < 4.78 is 10.0. The number of esters is 1. The summed E-state index contributed by atoms with van der Waals surface area (Å²) in [6.07, 6.45) is 4.59. The topological polar surface area (TPSA) is 55.8 Å². The molecule has 1 amide bonds. The van der Waals surface area contributed by atoms with Crippen LogP contribution >= 0.6 is 11.8 Å². The van der Waals surface area contributed by atoms with Crippen LogP contribution in [0.1, 0.15) is 20.8 Å². The Balaban J connectivity index is 2.18. The first kappa shape index (κ1) is 14.7. The number of hydrogen-bond donors (Lipinski definition) is 0. The highest BCUT2D eigenvalue weighted by molar-refractivity contribution is 8.03. The van der Waals surface area contributed by atoms with Gasteiger partial charge in [0, 0.05) is 28.6 Å². The lowest BCUT2D eigenvalue weighted by molar-refractivity contribution is -0.136. The molecule has 0 aromatic heterocycles. The van der Waals surface area contributed by atoms with Gasteiger partial charge >= 0.3 is 12.1 Å². The maximum atomic E-state index is 12.0. The number of carbonyl (C=O) groups excluding carboxylic acids is 2. The van der Waals surface area contributed by atoms with Crippen molar-refractivity contribution in [1.82, 2.24) is 4.90 Å². The van der Waals surface area contributed by atoms with Crippen LogP contribution in [0.2, 0.25) is 0 Å². The quantitative estimate of drug-likeness (QED) is 0.696. The van der Waals surface area contributed by atoms with Crippen molar-refractivity contribution in [3.63, 3.8) is 0 Å². The minimum absolute atomic E-state index is 0.328. The summed E-state index contributed by atoms with van der Waals surface area (Å²) in [5.41, 5.74) is 0.907. The number of nitrogens with zero attached hydrogens (tertiary/aromatic N) is 1. The molecule has 2 aliphatic rings. The monoisotopic (exact) mass is 295 g/mol. The zero-order chi connectivity index (χ0) is 14.9. The average molecular weight is 295 g/mol. The van der Waals surface area contributed by atoms with E-state index in [0.717, 1.165) is 10.5 Å². The van der Waals surface area contributed by atoms with Crippen molar-refractivity contribution in [1.29, 1.82) is 0 Å². The second-order valence-electron chi connectivity index (χ2n) is 5.37. The summed E-state index contributed by atoms with van der Waals surface area (Å²) >= 11 is 1.50. The van der Waals surface area contributed by atoms with Gasteiger partial charge in [-0.2, -0.15) is 0 Å². The summed E-state index contributed by atoms with van der Waals surface area (Å²) in [5, 5.41) is 0. The third-order valence-corrected chi connectivity index (χ3v) is 3.73. The van der Waals surface area contributed by atoms with E-state index in [1.54, 1.807) is 18.5 Å². The normalized spacial score (nSPS) is 17.8. The number of allylic oxidation sites excluding steroid dienone is 2. The first-order valence-corrected chi connectivity index (χ1v) is 7.16. The van der Waals surface area contributed by atoms with Gasteiger partial charge in [0.15, 0.2) is 0 Å². The van der Waals surface area contributed by atoms with E-state index in [9.17, 15) is 9.59 Å². The van der Waals surface area contributed by atoms with E-state index in [2.05, 4.69) is 0 Å². The van der Waals surface area contributed by atoms with Crippen LogP contribution in [0.15, 0.2) is 34.5 Å². The predicted molar refractivity (Wildman–Crippen MR) is 76.8 cm³/mol. The Kier molecular flexibility index (Phi) is 3.94. The summed E-state index contributed by atoms with van der Waals surface area (Å²) in [6, 6.07) is 0. The lowest BCUT2D eigenvalue weighted by Gasteiger charge is -2.25. The average Bonchev–Trinajstić information content (AvgIpc) is 2.78. The Morgan fingerprint density at radius 2 is 2.05 bits per heavy atom. The Hall–Kier alpha value is -1.69. The zero-order valence-corrected chi connectivity index (χ0v) is 12.7. The van der Waals surface area contributed by atoms with Crippen molar-refractivity contribution in [2.75, 3.05) is 12.9 Å². The molecule has 0 saturated carbocycles. The van der Waals surface area contributed by atoms with E-state index in [1.165, 1.54) is 23.8 Å². The molecule has 6 heteroatoms. The SMILES string of the molecule is COC(=O)C1=C2C=CN(C(=O)OC(C)(C)C)C=C2SC1. The number of hydrogen-bond acceptors (Lipinski definition) is 5. The Bertz CT molecular complexity index is 540. The summed E-state index contributed by atoms with van der Waals surface area (Å²) in [4.78, 5) is 25.8. The predicted octanol–water partition coefficient (Wildman–Crippen LogP) is 2.81. The molecule has 20 heavy (non-hydrogen) atoms. The van der Waals surface area contributed by atoms with Gasteiger partial charge < -0.3 is 9.47 Å². The minimum atomic E-state index is -0.542. The van der Waals surface area contributed by atoms with Crippen LogP contribution in [0.4, 0.5) is 4.79 Å². The van der Waals surface area contributed by atoms with Crippen molar-refractivity contribution >= 4 is 23.8 Å². The maximum Gasteiger partial charge on any atom is 0.418 e. The molecule has 0 fully saturated rings. The highest BCUT2D eigenvalue weighted by Crippen LogP contribution is 2.39. The van der Waals surface area contributed by atoms with Gasteiger partial charge in [-0.05, 0) is 26.8 Å². The Morgan fingerprint density at radius 1 is 1.35 bits per heavy atom. The number of thioether (sulfide) groups is 1. The van der Waals surface area contributed by atoms with Gasteiger partial charge in [-0.25, -0.2) is 9.59 Å². The molecule has 2 rings (SSSR count). The fourth-order valence-electron chi connectivity index (χ4n) is 1.79. The molecule has 0 saturated heterocycles. The molecule has 0 bridgehead atoms. The Labute approximate surface area is 122 Å². The molecular weight excluding hydrogens is 278 g/mol. The molecule has 108 valence electrons. The lowest BCUT2D eigenvalue weighted by atomic mass is 10.1. The first-order valence-electron chi connectivity index (χ1n) is 6.18. The maximum absolute atomic E-state index is 12.0. The number of amides is 1. The third kappa shape index (κ3) is 3.07. The van der Waals surface area contributed by atoms with Crippen molar-refractivity contribution in [3.8, 4) is 0 Å². The van der Waals surface area contributed by atoms with Crippen LogP contribution in [-0.2, 0) is 14.3 Å². The molecule has 2 heterocycles. The number of methoxy groups -OCH3 is 1. The van der Waals surface area contributed by atoms with Gasteiger partial charge in [-0.1, -0.05) is 0 Å². The minimum Gasteiger partial charge on any atom is -0.466 e. The molecule has 0 aliphatic carbocycles. The van der Waals surface area contributed by atoms with Crippen LogP contribution in [0.25, 0.3) is 0 Å². The molecule has 2 aliphatic heterocycles. The van der Waals surface area contributed by atoms with Crippen molar-refractivity contribution < 1.29 is 19.1 Å². The molecule has 0 unspecified atom stereocenters. The lowest BCUT2D eigenvalue weighted by Crippen LogP contribution is -2.31. The molecule has 0 aromatic carbocycles. The number of carbonyl (C=O) groups is 2. The van der Waals surface area contributed by atoms with Gasteiger partial charge in [0.1, 0.15) is 5.60 Å². The van der Waals surface area contributed by atoms with E-state index in [4.69, 9.17) is 9.47 Å². The van der Waals surface area contributed by atoms with E-state index < -0.39 is 11.7 Å². The summed E-state index contributed by atoms with van der Waals surface area (Å²) in [6.45, 7) is 5.45. The van der Waals surface area contributed by atoms with Crippen molar-refractivity contribution in [2.24, 2.45) is 0 Å². The number of rotatable bonds is 1. The number of fused-ring (bicyclic) bond motifs is 1. The van der Waals surface area contributed by atoms with Crippen molar-refractivity contribution in [3.05, 3.63) is 34.5 Å². The fraction of sp³-hybridized carbons (Fsp3) is 0.429. The van der Waals surface area contributed by atoms with E-state index in [1.807, 2.05) is 20.8 Å². The largest absolute Gasteiger partial charge is 0.466 e. The summed E-state index contributed by atoms with van der Waals surface area (Å²) in [5.74, 6) is 0.228. The number of ether oxygens (including phenoxy) is 2. The van der Waals surface area contributed by atoms with Gasteiger partial charge in [0.05, 0.1) is 12.7 Å². The highest BCUT2D eigenvalue weighted by Gasteiger charge is 2.29. The van der Waals surface area contributed by atoms with Crippen LogP contribution in [0.3, 0.4) is 0 Å². The zero-order valence-electron chi connectivity index (χ0n) is 11.9. The van der Waals surface area contributed by atoms with Crippen LogP contribution in [-0.4, -0.2) is 35.4 Å². The fourth-order valence-corrected chi connectivity index (χ4v) is 2.90. The van der Waals surface area contributed by atoms with E-state index >= 15 is 0 Å². The molecular formula is C14H17NO4S. The molecule has 0 radical (unpaired) electrons. The molecule has 0 atom stereocenters. The van der Waals surface area contributed by atoms with Crippen LogP contribution in [0.5, 0.6) is 0 Å². The molecule has 0 spiro atoms. The Morgan fingerprint density at radius 3 is 2.65 bits per heavy atom. The van der Waals surface area contributed by atoms with Gasteiger partial charge in [-0.3, -0.25) is 4.90 Å². The standard InChI is InChI=1S/C14H17NO4S/c1-14(2,3)19-13(17)15-6-5-9-10(12(16)18-4)8-20-11(9)7-15/h5-7H,8H2,1-4H3. The smallest absolute Gasteiger partial charge is 0.418 e. The van der Waals surface area contributed by atoms with E-state index in [0.29, 0.717) is 11.3 Å². The third-order valence-electron chi connectivity index (χ3n) is 2.66. The molecule has 0 aromatic rings. The molecule has 5 nitrogen and oxygen atoms in total. The van der Waals surface area contributed by atoms with Crippen LogP contribution in [0, 0.1) is 0 Å². The van der Waals surface area contributed by atoms with Gasteiger partial charge in [0.25, 0.3) is 0 Å². The van der Waals surface area contributed by atoms with Gasteiger partial charge in [0.2, 0.25) is 0 Å². The van der Waals surface area contributed by atoms with Crippen LogP contribution < -0.4 is 0 Å². The second-order valence-corrected chi connectivity index (χ2v) is 6.39.